The third kappa shape index (κ3) is 3.49. The predicted octanol–water partition coefficient (Wildman–Crippen LogP) is 4.79. The van der Waals surface area contributed by atoms with Gasteiger partial charge in [0.25, 0.3) is 0 Å². The average molecular weight is 398 g/mol. The molecule has 2 aromatic rings. The molecule has 3 nitrogen and oxygen atoms in total. The van der Waals surface area contributed by atoms with Crippen LogP contribution in [0, 0.1) is 0 Å². The number of rotatable bonds is 3. The highest BCUT2D eigenvalue weighted by molar-refractivity contribution is 9.11. The van der Waals surface area contributed by atoms with Crippen molar-refractivity contribution in [3.63, 3.8) is 0 Å². The Labute approximate surface area is 132 Å². The lowest BCUT2D eigenvalue weighted by Gasteiger charge is -2.02. The lowest BCUT2D eigenvalue weighted by Crippen LogP contribution is -1.94. The molecule has 0 aliphatic carbocycles. The number of phenols is 1. The molecule has 0 aliphatic rings. The van der Waals surface area contributed by atoms with Crippen LogP contribution in [0.15, 0.2) is 45.3 Å². The summed E-state index contributed by atoms with van der Waals surface area (Å²) in [4.78, 5) is 10.7. The first-order valence-electron chi connectivity index (χ1n) is 5.67. The third-order valence-corrected chi connectivity index (χ3v) is 3.87. The van der Waals surface area contributed by atoms with Crippen molar-refractivity contribution in [1.82, 2.24) is 0 Å². The maximum absolute atomic E-state index is 10.7. The maximum atomic E-state index is 10.7. The van der Waals surface area contributed by atoms with Crippen LogP contribution in [0.5, 0.6) is 5.75 Å². The van der Waals surface area contributed by atoms with Crippen LogP contribution in [-0.4, -0.2) is 16.2 Å². The van der Waals surface area contributed by atoms with Crippen molar-refractivity contribution >= 4 is 50.0 Å². The molecule has 0 fully saturated rings. The van der Waals surface area contributed by atoms with Gasteiger partial charge < -0.3 is 10.2 Å². The van der Waals surface area contributed by atoms with Crippen molar-refractivity contribution < 1.29 is 15.0 Å². The van der Waals surface area contributed by atoms with Gasteiger partial charge in [-0.1, -0.05) is 24.3 Å². The van der Waals surface area contributed by atoms with Gasteiger partial charge in [0, 0.05) is 0 Å². The zero-order valence-electron chi connectivity index (χ0n) is 10.2. The van der Waals surface area contributed by atoms with Gasteiger partial charge in [-0.2, -0.15) is 0 Å². The Kier molecular flexibility index (Phi) is 4.62. The third-order valence-electron chi connectivity index (χ3n) is 2.67. The van der Waals surface area contributed by atoms with Crippen molar-refractivity contribution in [3.8, 4) is 5.75 Å². The molecule has 0 bridgehead atoms. The Morgan fingerprint density at radius 3 is 1.95 bits per heavy atom. The molecule has 0 saturated carbocycles. The Morgan fingerprint density at radius 1 is 0.950 bits per heavy atom. The molecule has 5 heteroatoms. The lowest BCUT2D eigenvalue weighted by atomic mass is 10.1. The van der Waals surface area contributed by atoms with E-state index in [4.69, 9.17) is 5.11 Å². The molecule has 0 saturated heterocycles. The minimum Gasteiger partial charge on any atom is -0.506 e. The number of phenolic OH excluding ortho intramolecular Hbond substituents is 1. The number of carboxylic acids is 1. The number of benzene rings is 2. The molecule has 0 radical (unpaired) electrons. The van der Waals surface area contributed by atoms with E-state index in [-0.39, 0.29) is 11.3 Å². The molecule has 102 valence electrons. The van der Waals surface area contributed by atoms with E-state index in [2.05, 4.69) is 31.9 Å². The molecular weight excluding hydrogens is 388 g/mol. The summed E-state index contributed by atoms with van der Waals surface area (Å²) < 4.78 is 1.21. The smallest absolute Gasteiger partial charge is 0.335 e. The fourth-order valence-electron chi connectivity index (χ4n) is 1.61. The van der Waals surface area contributed by atoms with Crippen LogP contribution in [0.1, 0.15) is 21.5 Å². The molecule has 0 aromatic heterocycles. The van der Waals surface area contributed by atoms with Crippen molar-refractivity contribution in [1.29, 1.82) is 0 Å². The standard InChI is InChI=1S/C15H10Br2O3/c16-12-7-10(8-13(17)14(12)18)2-1-9-3-5-11(6-4-9)15(19)20/h1-8,18H,(H,19,20). The summed E-state index contributed by atoms with van der Waals surface area (Å²) in [5, 5.41) is 18.4. The summed E-state index contributed by atoms with van der Waals surface area (Å²) in [5.74, 6) is -0.778. The zero-order valence-corrected chi connectivity index (χ0v) is 13.3. The van der Waals surface area contributed by atoms with Gasteiger partial charge in [0.15, 0.2) is 0 Å². The summed E-state index contributed by atoms with van der Waals surface area (Å²) in [7, 11) is 0. The molecule has 20 heavy (non-hydrogen) atoms. The summed E-state index contributed by atoms with van der Waals surface area (Å²) in [5.41, 5.74) is 2.07. The van der Waals surface area contributed by atoms with Crippen LogP contribution < -0.4 is 0 Å². The van der Waals surface area contributed by atoms with E-state index in [9.17, 15) is 9.90 Å². The topological polar surface area (TPSA) is 57.5 Å². The molecule has 0 heterocycles. The molecule has 0 atom stereocenters. The lowest BCUT2D eigenvalue weighted by molar-refractivity contribution is 0.0697. The SMILES string of the molecule is O=C(O)c1ccc(C=Cc2cc(Br)c(O)c(Br)c2)cc1. The van der Waals surface area contributed by atoms with Gasteiger partial charge in [0.1, 0.15) is 5.75 Å². The number of halogens is 2. The van der Waals surface area contributed by atoms with Crippen LogP contribution >= 0.6 is 31.9 Å². The number of hydrogen-bond donors (Lipinski definition) is 2. The van der Waals surface area contributed by atoms with E-state index in [0.717, 1.165) is 11.1 Å². The summed E-state index contributed by atoms with van der Waals surface area (Å²) >= 11 is 6.54. The minimum atomic E-state index is -0.938. The monoisotopic (exact) mass is 396 g/mol. The number of hydrogen-bond acceptors (Lipinski definition) is 2. The van der Waals surface area contributed by atoms with E-state index in [1.54, 1.807) is 36.4 Å². The van der Waals surface area contributed by atoms with Crippen molar-refractivity contribution in [3.05, 3.63) is 62.0 Å². The molecular formula is C15H10Br2O3. The van der Waals surface area contributed by atoms with Crippen LogP contribution in [0.2, 0.25) is 0 Å². The van der Waals surface area contributed by atoms with Gasteiger partial charge in [0.2, 0.25) is 0 Å². The molecule has 0 spiro atoms. The van der Waals surface area contributed by atoms with E-state index < -0.39 is 5.97 Å². The number of carboxylic acid groups (broad SMARTS) is 1. The first-order chi connectivity index (χ1) is 9.47. The van der Waals surface area contributed by atoms with Gasteiger partial charge >= 0.3 is 5.97 Å². The second-order valence-electron chi connectivity index (χ2n) is 4.09. The average Bonchev–Trinajstić information content (AvgIpc) is 2.42. The summed E-state index contributed by atoms with van der Waals surface area (Å²) in [6, 6.07) is 10.2. The Morgan fingerprint density at radius 2 is 1.45 bits per heavy atom. The second kappa shape index (κ2) is 6.24. The molecule has 2 aromatic carbocycles. The number of aromatic carboxylic acids is 1. The summed E-state index contributed by atoms with van der Waals surface area (Å²) in [6.45, 7) is 0. The molecule has 0 amide bonds. The predicted molar refractivity (Wildman–Crippen MR) is 85.8 cm³/mol. The Hall–Kier alpha value is -1.59. The minimum absolute atomic E-state index is 0.160. The number of carbonyl (C=O) groups is 1. The molecule has 0 unspecified atom stereocenters. The Balaban J connectivity index is 2.23. The molecule has 2 N–H and O–H groups in total. The first-order valence-corrected chi connectivity index (χ1v) is 7.25. The van der Waals surface area contributed by atoms with Crippen LogP contribution in [0.4, 0.5) is 0 Å². The quantitative estimate of drug-likeness (QED) is 0.732. The number of aromatic hydroxyl groups is 1. The highest BCUT2D eigenvalue weighted by Crippen LogP contribution is 2.33. The zero-order chi connectivity index (χ0) is 14.7. The van der Waals surface area contributed by atoms with E-state index in [0.29, 0.717) is 8.95 Å². The maximum Gasteiger partial charge on any atom is 0.335 e. The van der Waals surface area contributed by atoms with Gasteiger partial charge in [-0.15, -0.1) is 0 Å². The van der Waals surface area contributed by atoms with Crippen LogP contribution in [0.25, 0.3) is 12.2 Å². The van der Waals surface area contributed by atoms with Crippen molar-refractivity contribution in [2.75, 3.05) is 0 Å². The van der Waals surface area contributed by atoms with Crippen LogP contribution in [-0.2, 0) is 0 Å². The van der Waals surface area contributed by atoms with E-state index in [1.807, 2.05) is 12.2 Å². The van der Waals surface area contributed by atoms with Gasteiger partial charge in [-0.3, -0.25) is 0 Å². The van der Waals surface area contributed by atoms with E-state index >= 15 is 0 Å². The van der Waals surface area contributed by atoms with Gasteiger partial charge in [0.05, 0.1) is 14.5 Å². The second-order valence-corrected chi connectivity index (χ2v) is 5.80. The van der Waals surface area contributed by atoms with Crippen molar-refractivity contribution in [2.24, 2.45) is 0 Å². The highest BCUT2D eigenvalue weighted by Gasteiger charge is 2.04. The fraction of sp³-hybridized carbons (Fsp3) is 0. The van der Waals surface area contributed by atoms with Gasteiger partial charge in [-0.25, -0.2) is 4.79 Å². The molecule has 2 rings (SSSR count). The van der Waals surface area contributed by atoms with Crippen LogP contribution in [0.3, 0.4) is 0 Å². The largest absolute Gasteiger partial charge is 0.506 e. The molecule has 0 aliphatic heterocycles. The summed E-state index contributed by atoms with van der Waals surface area (Å²) in [6.07, 6.45) is 3.75. The Bertz CT molecular complexity index is 653. The van der Waals surface area contributed by atoms with Crippen molar-refractivity contribution in [2.45, 2.75) is 0 Å². The van der Waals surface area contributed by atoms with Gasteiger partial charge in [-0.05, 0) is 67.3 Å². The fourth-order valence-corrected chi connectivity index (χ4v) is 2.83. The van der Waals surface area contributed by atoms with E-state index in [1.165, 1.54) is 0 Å². The normalized spacial score (nSPS) is 10.9. The highest BCUT2D eigenvalue weighted by atomic mass is 79.9. The first kappa shape index (κ1) is 14.8.